The smallest absolute Gasteiger partial charge is 0.270 e. The average molecular weight is 464 g/mol. The molecule has 2 rings (SSSR count). The van der Waals surface area contributed by atoms with E-state index in [-0.39, 0.29) is 12.3 Å². The summed E-state index contributed by atoms with van der Waals surface area (Å²) in [6.45, 7) is 3.68. The maximum absolute atomic E-state index is 11.1. The van der Waals surface area contributed by atoms with Gasteiger partial charge in [0.05, 0.1) is 31.4 Å². The summed E-state index contributed by atoms with van der Waals surface area (Å²) in [5.41, 5.74) is 5.85. The van der Waals surface area contributed by atoms with Gasteiger partial charge < -0.3 is 30.9 Å². The Morgan fingerprint density at radius 3 is 2.33 bits per heavy atom. The van der Waals surface area contributed by atoms with Gasteiger partial charge in [-0.2, -0.15) is 15.0 Å². The molecule has 0 bridgehead atoms. The average Bonchev–Trinajstić information content (AvgIpc) is 2.83. The molecule has 0 atom stereocenters. The van der Waals surface area contributed by atoms with Gasteiger partial charge in [0.1, 0.15) is 0 Å². The lowest BCUT2D eigenvalue weighted by atomic mass is 10.2. The van der Waals surface area contributed by atoms with Crippen LogP contribution in [0.4, 0.5) is 17.6 Å². The zero-order valence-corrected chi connectivity index (χ0v) is 18.7. The summed E-state index contributed by atoms with van der Waals surface area (Å²) in [6, 6.07) is 6.17. The molecule has 1 heterocycles. The summed E-state index contributed by atoms with van der Waals surface area (Å²) >= 11 is 0. The number of non-ortho nitro benzene ring substituents is 1. The summed E-state index contributed by atoms with van der Waals surface area (Å²) in [5, 5.41) is 26.3. The Balaban J connectivity index is 2.00. The standard InChI is InChI=1S/C21H33N7O5/c22-8-12-32-14-15-33-13-10-24-21-26-19(17-6-5-7-18(16-17)28(30)31)25-20(27-21)23-9-3-1-2-4-11-29/h5-7,16,29H,1-4,8-15,22H2,(H2,23,24,25,26,27). The second kappa shape index (κ2) is 15.8. The first-order valence-corrected chi connectivity index (χ1v) is 11.1. The van der Waals surface area contributed by atoms with Crippen LogP contribution in [0.1, 0.15) is 25.7 Å². The normalized spacial score (nSPS) is 10.8. The molecule has 2 aromatic rings. The Hall–Kier alpha value is -2.93. The van der Waals surface area contributed by atoms with Gasteiger partial charge in [-0.25, -0.2) is 0 Å². The summed E-state index contributed by atoms with van der Waals surface area (Å²) in [4.78, 5) is 23.9. The fourth-order valence-electron chi connectivity index (χ4n) is 2.85. The first-order valence-electron chi connectivity index (χ1n) is 11.1. The lowest BCUT2D eigenvalue weighted by Gasteiger charge is -2.11. The van der Waals surface area contributed by atoms with Gasteiger partial charge in [0, 0.05) is 43.9 Å². The van der Waals surface area contributed by atoms with Crippen molar-refractivity contribution in [3.8, 4) is 11.4 Å². The molecule has 0 amide bonds. The Labute approximate surface area is 193 Å². The minimum atomic E-state index is -0.454. The Morgan fingerprint density at radius 1 is 0.939 bits per heavy atom. The topological polar surface area (TPSA) is 171 Å². The molecule has 12 nitrogen and oxygen atoms in total. The van der Waals surface area contributed by atoms with E-state index in [4.69, 9.17) is 20.3 Å². The molecule has 0 saturated heterocycles. The highest BCUT2D eigenvalue weighted by molar-refractivity contribution is 5.61. The SMILES string of the molecule is NCCOCCOCCNc1nc(NCCCCCCO)nc(-c2cccc([N+](=O)[O-])c2)n1. The molecule has 0 aliphatic rings. The number of nitrogens with two attached hydrogens (primary N) is 1. The molecule has 0 unspecified atom stereocenters. The third-order valence-electron chi connectivity index (χ3n) is 4.48. The van der Waals surface area contributed by atoms with Crippen molar-refractivity contribution in [2.45, 2.75) is 25.7 Å². The van der Waals surface area contributed by atoms with Crippen LogP contribution in [0.5, 0.6) is 0 Å². The van der Waals surface area contributed by atoms with Crippen LogP contribution in [0.25, 0.3) is 11.4 Å². The van der Waals surface area contributed by atoms with Gasteiger partial charge in [-0.3, -0.25) is 10.1 Å². The molecule has 1 aromatic heterocycles. The van der Waals surface area contributed by atoms with Gasteiger partial charge in [-0.05, 0) is 12.8 Å². The second-order valence-electron chi connectivity index (χ2n) is 7.12. The van der Waals surface area contributed by atoms with Crippen LogP contribution in [0.15, 0.2) is 24.3 Å². The molecular formula is C21H33N7O5. The molecule has 0 spiro atoms. The van der Waals surface area contributed by atoms with Gasteiger partial charge in [0.2, 0.25) is 11.9 Å². The minimum Gasteiger partial charge on any atom is -0.396 e. The zero-order chi connectivity index (χ0) is 23.7. The summed E-state index contributed by atoms with van der Waals surface area (Å²) < 4.78 is 10.7. The van der Waals surface area contributed by atoms with Crippen molar-refractivity contribution in [2.24, 2.45) is 5.73 Å². The number of ether oxygens (including phenoxy) is 2. The highest BCUT2D eigenvalue weighted by Gasteiger charge is 2.12. The quantitative estimate of drug-likeness (QED) is 0.144. The van der Waals surface area contributed by atoms with E-state index in [0.29, 0.717) is 69.3 Å². The Kier molecular flexibility index (Phi) is 12.6. The monoisotopic (exact) mass is 463 g/mol. The number of aliphatic hydroxyl groups excluding tert-OH is 1. The molecule has 1 aromatic carbocycles. The van der Waals surface area contributed by atoms with E-state index in [1.165, 1.54) is 12.1 Å². The van der Waals surface area contributed by atoms with Crippen molar-refractivity contribution in [2.75, 3.05) is 63.3 Å². The number of hydrogen-bond donors (Lipinski definition) is 4. The number of anilines is 2. The van der Waals surface area contributed by atoms with Crippen LogP contribution >= 0.6 is 0 Å². The third kappa shape index (κ3) is 10.5. The van der Waals surface area contributed by atoms with Crippen molar-refractivity contribution in [1.29, 1.82) is 0 Å². The van der Waals surface area contributed by atoms with Crippen LogP contribution in [-0.4, -0.2) is 77.7 Å². The van der Waals surface area contributed by atoms with Crippen LogP contribution in [-0.2, 0) is 9.47 Å². The second-order valence-corrected chi connectivity index (χ2v) is 7.12. The zero-order valence-electron chi connectivity index (χ0n) is 18.7. The van der Waals surface area contributed by atoms with Crippen molar-refractivity contribution < 1.29 is 19.5 Å². The number of nitrogens with one attached hydrogen (secondary N) is 2. The lowest BCUT2D eigenvalue weighted by molar-refractivity contribution is -0.384. The number of nitro groups is 1. The fraction of sp³-hybridized carbons (Fsp3) is 0.571. The van der Waals surface area contributed by atoms with Crippen molar-refractivity contribution in [3.05, 3.63) is 34.4 Å². The van der Waals surface area contributed by atoms with Crippen molar-refractivity contribution in [1.82, 2.24) is 15.0 Å². The summed E-state index contributed by atoms with van der Waals surface area (Å²) in [6.07, 6.45) is 3.63. The van der Waals surface area contributed by atoms with Crippen molar-refractivity contribution in [3.63, 3.8) is 0 Å². The first-order chi connectivity index (χ1) is 16.1. The maximum Gasteiger partial charge on any atom is 0.270 e. The molecule has 0 fully saturated rings. The number of hydrogen-bond acceptors (Lipinski definition) is 11. The highest BCUT2D eigenvalue weighted by atomic mass is 16.6. The van der Waals surface area contributed by atoms with E-state index in [1.807, 2.05) is 0 Å². The highest BCUT2D eigenvalue weighted by Crippen LogP contribution is 2.22. The third-order valence-corrected chi connectivity index (χ3v) is 4.48. The molecule has 0 saturated carbocycles. The fourth-order valence-corrected chi connectivity index (χ4v) is 2.85. The van der Waals surface area contributed by atoms with E-state index in [2.05, 4.69) is 25.6 Å². The predicted octanol–water partition coefficient (Wildman–Crippen LogP) is 1.82. The largest absolute Gasteiger partial charge is 0.396 e. The van der Waals surface area contributed by atoms with E-state index in [0.717, 1.165) is 25.7 Å². The van der Waals surface area contributed by atoms with Crippen molar-refractivity contribution >= 4 is 17.6 Å². The van der Waals surface area contributed by atoms with E-state index < -0.39 is 4.92 Å². The predicted molar refractivity (Wildman–Crippen MR) is 125 cm³/mol. The van der Waals surface area contributed by atoms with E-state index >= 15 is 0 Å². The summed E-state index contributed by atoms with van der Waals surface area (Å²) in [5.74, 6) is 1.06. The molecule has 0 aliphatic heterocycles. The first kappa shape index (κ1) is 26.3. The van der Waals surface area contributed by atoms with Crippen LogP contribution in [0.2, 0.25) is 0 Å². The molecule has 0 radical (unpaired) electrons. The number of aromatic nitrogens is 3. The maximum atomic E-state index is 11.1. The van der Waals surface area contributed by atoms with E-state index in [9.17, 15) is 10.1 Å². The van der Waals surface area contributed by atoms with Gasteiger partial charge >= 0.3 is 0 Å². The summed E-state index contributed by atoms with van der Waals surface area (Å²) in [7, 11) is 0. The molecule has 182 valence electrons. The number of benzene rings is 1. The number of nitro benzene ring substituents is 1. The molecule has 0 aliphatic carbocycles. The van der Waals surface area contributed by atoms with E-state index in [1.54, 1.807) is 12.1 Å². The van der Waals surface area contributed by atoms with Gasteiger partial charge in [-0.1, -0.05) is 25.0 Å². The molecular weight excluding hydrogens is 430 g/mol. The van der Waals surface area contributed by atoms with Crippen LogP contribution in [0, 0.1) is 10.1 Å². The molecule has 33 heavy (non-hydrogen) atoms. The van der Waals surface area contributed by atoms with Gasteiger partial charge in [0.25, 0.3) is 5.69 Å². The number of aliphatic hydroxyl groups is 1. The number of nitrogens with zero attached hydrogens (tertiary/aromatic N) is 4. The molecule has 12 heteroatoms. The Morgan fingerprint density at radius 2 is 1.64 bits per heavy atom. The number of rotatable bonds is 18. The van der Waals surface area contributed by atoms with Crippen LogP contribution < -0.4 is 16.4 Å². The minimum absolute atomic E-state index is 0.0360. The molecule has 5 N–H and O–H groups in total. The van der Waals surface area contributed by atoms with Gasteiger partial charge in [-0.15, -0.1) is 0 Å². The lowest BCUT2D eigenvalue weighted by Crippen LogP contribution is -2.16. The Bertz CT molecular complexity index is 840. The van der Waals surface area contributed by atoms with Crippen LogP contribution in [0.3, 0.4) is 0 Å². The number of unbranched alkanes of at least 4 members (excludes halogenated alkanes) is 3. The van der Waals surface area contributed by atoms with Gasteiger partial charge in [0.15, 0.2) is 5.82 Å².